The molecular weight excluding hydrogens is 444 g/mol. The van der Waals surface area contributed by atoms with Crippen LogP contribution in [0.2, 0.25) is 0 Å². The molecule has 0 aromatic heterocycles. The van der Waals surface area contributed by atoms with Crippen LogP contribution in [0.25, 0.3) is 0 Å². The molecule has 0 bridgehead atoms. The zero-order valence-corrected chi connectivity index (χ0v) is 23.6. The number of rotatable bonds is 16. The van der Waals surface area contributed by atoms with E-state index in [-0.39, 0.29) is 18.0 Å². The van der Waals surface area contributed by atoms with Crippen LogP contribution < -0.4 is 4.90 Å². The van der Waals surface area contributed by atoms with Crippen LogP contribution in [0, 0.1) is 18.8 Å². The normalized spacial score (nSPS) is 16.2. The Kier molecular flexibility index (Phi) is 12.9. The van der Waals surface area contributed by atoms with Crippen molar-refractivity contribution in [2.24, 2.45) is 16.8 Å². The van der Waals surface area contributed by atoms with Crippen LogP contribution in [0.1, 0.15) is 98.0 Å². The first-order chi connectivity index (χ1) is 17.3. The predicted molar refractivity (Wildman–Crippen MR) is 155 cm³/mol. The second-order valence-electron chi connectivity index (χ2n) is 10.5. The molecule has 0 radical (unpaired) electrons. The third-order valence-corrected chi connectivity index (χ3v) is 7.32. The van der Waals surface area contributed by atoms with Crippen LogP contribution in [0.4, 0.5) is 11.4 Å². The summed E-state index contributed by atoms with van der Waals surface area (Å²) in [4.78, 5) is 31.1. The SMILES string of the molecule is CCCCC(CC)CN(CC(CC)CCCC)c1ccc(N=C2C=CC(=O)C(CC(C)=O)=C2)c(C)c1. The van der Waals surface area contributed by atoms with Gasteiger partial charge in [0.15, 0.2) is 5.78 Å². The molecule has 0 spiro atoms. The van der Waals surface area contributed by atoms with Gasteiger partial charge >= 0.3 is 0 Å². The van der Waals surface area contributed by atoms with Crippen LogP contribution in [0.3, 0.4) is 0 Å². The number of carbonyl (C=O) groups excluding carboxylic acids is 2. The fraction of sp³-hybridized carbons (Fsp3) is 0.594. The van der Waals surface area contributed by atoms with E-state index in [0.717, 1.165) is 30.1 Å². The average molecular weight is 493 g/mol. The summed E-state index contributed by atoms with van der Waals surface area (Å²) in [7, 11) is 0. The fourth-order valence-corrected chi connectivity index (χ4v) is 4.89. The van der Waals surface area contributed by atoms with E-state index >= 15 is 0 Å². The largest absolute Gasteiger partial charge is 0.371 e. The summed E-state index contributed by atoms with van der Waals surface area (Å²) in [5.74, 6) is 1.31. The standard InChI is InChI=1S/C32H48N2O2/c1-7-11-13-26(9-3)22-34(23-27(10-4)14-12-8-2)30-16-17-31(24(5)19-30)33-29-15-18-32(36)28(21-29)20-25(6)35/h15-19,21,26-27H,7-14,20,22-23H2,1-6H3. The molecule has 1 aliphatic rings. The van der Waals surface area contributed by atoms with Gasteiger partial charge in [-0.3, -0.25) is 9.59 Å². The molecule has 0 saturated carbocycles. The molecule has 4 heteroatoms. The van der Waals surface area contributed by atoms with Crippen molar-refractivity contribution >= 4 is 28.7 Å². The third kappa shape index (κ3) is 9.52. The summed E-state index contributed by atoms with van der Waals surface area (Å²) in [6.45, 7) is 15.0. The summed E-state index contributed by atoms with van der Waals surface area (Å²) < 4.78 is 0. The van der Waals surface area contributed by atoms with Crippen molar-refractivity contribution < 1.29 is 9.59 Å². The van der Waals surface area contributed by atoms with Crippen molar-refractivity contribution in [2.75, 3.05) is 18.0 Å². The molecule has 36 heavy (non-hydrogen) atoms. The molecule has 2 atom stereocenters. The number of nitrogens with zero attached hydrogens (tertiary/aromatic N) is 2. The summed E-state index contributed by atoms with van der Waals surface area (Å²) in [5, 5.41) is 0. The van der Waals surface area contributed by atoms with Crippen LogP contribution in [-0.2, 0) is 9.59 Å². The van der Waals surface area contributed by atoms with Gasteiger partial charge in [-0.25, -0.2) is 4.99 Å². The highest BCUT2D eigenvalue weighted by Crippen LogP contribution is 2.29. The summed E-state index contributed by atoms with van der Waals surface area (Å²) in [6.07, 6.45) is 15.3. The van der Waals surface area contributed by atoms with Crippen molar-refractivity contribution in [3.05, 3.63) is 47.6 Å². The van der Waals surface area contributed by atoms with E-state index in [1.165, 1.54) is 70.1 Å². The molecule has 1 aromatic rings. The summed E-state index contributed by atoms with van der Waals surface area (Å²) in [5.41, 5.74) is 4.54. The van der Waals surface area contributed by atoms with E-state index in [1.807, 2.05) is 0 Å². The molecule has 198 valence electrons. The van der Waals surface area contributed by atoms with Gasteiger partial charge in [0, 0.05) is 30.8 Å². The lowest BCUT2D eigenvalue weighted by molar-refractivity contribution is -0.118. The minimum Gasteiger partial charge on any atom is -0.371 e. The van der Waals surface area contributed by atoms with Crippen molar-refractivity contribution in [1.82, 2.24) is 0 Å². The molecule has 0 N–H and O–H groups in total. The topological polar surface area (TPSA) is 49.7 Å². The van der Waals surface area contributed by atoms with E-state index in [4.69, 9.17) is 4.99 Å². The van der Waals surface area contributed by atoms with E-state index in [2.05, 4.69) is 57.7 Å². The highest BCUT2D eigenvalue weighted by atomic mass is 16.1. The lowest BCUT2D eigenvalue weighted by Crippen LogP contribution is -2.34. The van der Waals surface area contributed by atoms with E-state index < -0.39 is 0 Å². The first-order valence-electron chi connectivity index (χ1n) is 14.2. The third-order valence-electron chi connectivity index (χ3n) is 7.32. The maximum atomic E-state index is 12.1. The second-order valence-corrected chi connectivity index (χ2v) is 10.5. The molecule has 1 aromatic carbocycles. The molecule has 0 amide bonds. The van der Waals surface area contributed by atoms with Gasteiger partial charge in [-0.05, 0) is 80.5 Å². The highest BCUT2D eigenvalue weighted by molar-refractivity contribution is 6.20. The summed E-state index contributed by atoms with van der Waals surface area (Å²) >= 11 is 0. The fourth-order valence-electron chi connectivity index (χ4n) is 4.89. The minimum atomic E-state index is -0.103. The first kappa shape index (κ1) is 29.7. The molecule has 4 nitrogen and oxygen atoms in total. The van der Waals surface area contributed by atoms with E-state index in [9.17, 15) is 9.59 Å². The number of allylic oxidation sites excluding steroid dienone is 4. The molecule has 0 fully saturated rings. The van der Waals surface area contributed by atoms with Gasteiger partial charge in [0.2, 0.25) is 0 Å². The van der Waals surface area contributed by atoms with Crippen LogP contribution >= 0.6 is 0 Å². The number of benzene rings is 1. The molecule has 0 saturated heterocycles. The van der Waals surface area contributed by atoms with Crippen LogP contribution in [0.5, 0.6) is 0 Å². The molecule has 2 rings (SSSR count). The molecular formula is C32H48N2O2. The number of carbonyl (C=O) groups is 2. The monoisotopic (exact) mass is 492 g/mol. The lowest BCUT2D eigenvalue weighted by Gasteiger charge is -2.33. The smallest absolute Gasteiger partial charge is 0.182 e. The van der Waals surface area contributed by atoms with Gasteiger partial charge < -0.3 is 4.90 Å². The van der Waals surface area contributed by atoms with Crippen molar-refractivity contribution in [3.63, 3.8) is 0 Å². The van der Waals surface area contributed by atoms with Crippen LogP contribution in [-0.4, -0.2) is 30.4 Å². The van der Waals surface area contributed by atoms with Crippen molar-refractivity contribution in [3.8, 4) is 0 Å². The molecule has 2 unspecified atom stereocenters. The molecule has 0 heterocycles. The number of anilines is 1. The van der Waals surface area contributed by atoms with E-state index in [0.29, 0.717) is 17.4 Å². The van der Waals surface area contributed by atoms with Gasteiger partial charge in [0.1, 0.15) is 5.78 Å². The maximum absolute atomic E-state index is 12.1. The Hall–Kier alpha value is -2.49. The second kappa shape index (κ2) is 15.6. The summed E-state index contributed by atoms with van der Waals surface area (Å²) in [6, 6.07) is 6.59. The number of aryl methyl sites for hydroxylation is 1. The number of hydrogen-bond acceptors (Lipinski definition) is 4. The lowest BCUT2D eigenvalue weighted by atomic mass is 9.95. The highest BCUT2D eigenvalue weighted by Gasteiger charge is 2.19. The zero-order valence-electron chi connectivity index (χ0n) is 23.6. The van der Waals surface area contributed by atoms with Crippen molar-refractivity contribution in [1.29, 1.82) is 0 Å². The quantitative estimate of drug-likeness (QED) is 0.218. The van der Waals surface area contributed by atoms with E-state index in [1.54, 1.807) is 12.2 Å². The number of hydrogen-bond donors (Lipinski definition) is 0. The number of aliphatic imine (C=N–C) groups is 1. The predicted octanol–water partition coefficient (Wildman–Crippen LogP) is 8.35. The Morgan fingerprint density at radius 3 is 2.06 bits per heavy atom. The maximum Gasteiger partial charge on any atom is 0.182 e. The first-order valence-corrected chi connectivity index (χ1v) is 14.2. The minimum absolute atomic E-state index is 0.0153. The molecule has 1 aliphatic carbocycles. The van der Waals surface area contributed by atoms with Gasteiger partial charge in [-0.1, -0.05) is 66.2 Å². The van der Waals surface area contributed by atoms with Gasteiger partial charge in [0.05, 0.1) is 11.4 Å². The Bertz CT molecular complexity index is 939. The Labute approximate surface area is 220 Å². The van der Waals surface area contributed by atoms with Crippen LogP contribution in [0.15, 0.2) is 47.0 Å². The Morgan fingerprint density at radius 2 is 1.56 bits per heavy atom. The average Bonchev–Trinajstić information content (AvgIpc) is 2.86. The zero-order chi connectivity index (χ0) is 26.5. The Morgan fingerprint density at radius 1 is 0.944 bits per heavy atom. The Balaban J connectivity index is 2.31. The number of ketones is 2. The van der Waals surface area contributed by atoms with Crippen molar-refractivity contribution in [2.45, 2.75) is 99.3 Å². The molecule has 0 aliphatic heterocycles. The number of unbranched alkanes of at least 4 members (excludes halogenated alkanes) is 2. The van der Waals surface area contributed by atoms with Gasteiger partial charge in [-0.2, -0.15) is 0 Å². The number of Topliss-reactive ketones (excluding diaryl/α,β-unsaturated/α-hetero) is 1. The van der Waals surface area contributed by atoms with Gasteiger partial charge in [-0.15, -0.1) is 0 Å². The van der Waals surface area contributed by atoms with Gasteiger partial charge in [0.25, 0.3) is 0 Å².